The maximum absolute atomic E-state index is 12.5. The number of amides is 1. The molecule has 0 spiro atoms. The van der Waals surface area contributed by atoms with Crippen LogP contribution >= 0.6 is 34.5 Å². The monoisotopic (exact) mass is 519 g/mol. The molecule has 8 nitrogen and oxygen atoms in total. The van der Waals surface area contributed by atoms with Gasteiger partial charge in [-0.05, 0) is 51.8 Å². The lowest BCUT2D eigenvalue weighted by Gasteiger charge is -2.32. The Hall–Kier alpha value is -1.88. The summed E-state index contributed by atoms with van der Waals surface area (Å²) in [4.78, 5) is 30.9. The van der Waals surface area contributed by atoms with Gasteiger partial charge < -0.3 is 9.64 Å². The van der Waals surface area contributed by atoms with E-state index in [1.54, 1.807) is 20.8 Å². The molecule has 2 aromatic heterocycles. The molecule has 0 atom stereocenters. The molecule has 1 N–H and O–H groups in total. The van der Waals surface area contributed by atoms with Crippen LogP contribution in [0.2, 0.25) is 9.36 Å². The van der Waals surface area contributed by atoms with Crippen molar-refractivity contribution >= 4 is 62.3 Å². The first-order chi connectivity index (χ1) is 14.9. The highest BCUT2D eigenvalue weighted by molar-refractivity contribution is 7.92. The van der Waals surface area contributed by atoms with Crippen LogP contribution in [0, 0.1) is 5.92 Å². The lowest BCUT2D eigenvalue weighted by atomic mass is 9.96. The molecule has 32 heavy (non-hydrogen) atoms. The maximum atomic E-state index is 12.5. The van der Waals surface area contributed by atoms with Crippen LogP contribution < -0.4 is 9.62 Å². The number of halogens is 2. The van der Waals surface area contributed by atoms with Crippen molar-refractivity contribution in [3.05, 3.63) is 39.3 Å². The van der Waals surface area contributed by atoms with E-state index in [2.05, 4.69) is 9.71 Å². The highest BCUT2D eigenvalue weighted by atomic mass is 35.5. The van der Waals surface area contributed by atoms with Crippen LogP contribution in [0.4, 0.5) is 5.82 Å². The number of hydrogen-bond donors (Lipinski definition) is 1. The number of sulfonamides is 1. The molecule has 1 amide bonds. The van der Waals surface area contributed by atoms with E-state index >= 15 is 0 Å². The second kappa shape index (κ2) is 9.54. The minimum atomic E-state index is -3.94. The van der Waals surface area contributed by atoms with Crippen LogP contribution in [-0.2, 0) is 19.6 Å². The molecule has 0 bridgehead atoms. The summed E-state index contributed by atoms with van der Waals surface area (Å²) < 4.78 is 32.5. The Labute approximate surface area is 200 Å². The summed E-state index contributed by atoms with van der Waals surface area (Å²) >= 11 is 13.0. The summed E-state index contributed by atoms with van der Waals surface area (Å²) in [6.45, 7) is 6.24. The van der Waals surface area contributed by atoms with Crippen LogP contribution in [0.5, 0.6) is 0 Å². The Morgan fingerprint density at radius 2 is 1.88 bits per heavy atom. The zero-order chi connectivity index (χ0) is 23.7. The third-order valence-electron chi connectivity index (χ3n) is 4.67. The number of pyridine rings is 1. The van der Waals surface area contributed by atoms with E-state index in [1.165, 1.54) is 24.4 Å². The van der Waals surface area contributed by atoms with Gasteiger partial charge in [0.1, 0.15) is 15.6 Å². The first kappa shape index (κ1) is 24.8. The first-order valence-electron chi connectivity index (χ1n) is 9.81. The fourth-order valence-corrected chi connectivity index (χ4v) is 5.99. The van der Waals surface area contributed by atoms with Crippen molar-refractivity contribution in [1.82, 2.24) is 9.71 Å². The Bertz CT molecular complexity index is 1120. The van der Waals surface area contributed by atoms with Gasteiger partial charge in [-0.15, -0.1) is 11.3 Å². The number of nitrogens with zero attached hydrogens (tertiary/aromatic N) is 2. The van der Waals surface area contributed by atoms with Crippen molar-refractivity contribution in [3.63, 3.8) is 0 Å². The molecular weight excluding hydrogens is 497 g/mol. The number of carbonyl (C=O) groups excluding carboxylic acids is 2. The third-order valence-corrected chi connectivity index (χ3v) is 8.02. The summed E-state index contributed by atoms with van der Waals surface area (Å²) in [7, 11) is -3.94. The van der Waals surface area contributed by atoms with Crippen LogP contribution in [0.1, 0.15) is 44.0 Å². The predicted molar refractivity (Wildman–Crippen MR) is 124 cm³/mol. The van der Waals surface area contributed by atoms with Crippen LogP contribution in [0.15, 0.2) is 28.6 Å². The normalized spacial score (nSPS) is 15.5. The quantitative estimate of drug-likeness (QED) is 0.591. The van der Waals surface area contributed by atoms with Gasteiger partial charge in [0.25, 0.3) is 10.0 Å². The SMILES string of the molecule is CC(C)(C)OC(=O)c1cnc(N2CCC(C(=O)NS(=O)(=O)c3ccc(Cl)s3)CC2)c(Cl)c1. The third kappa shape index (κ3) is 6.12. The number of ether oxygens (including phenoxy) is 1. The number of thiophene rings is 1. The van der Waals surface area contributed by atoms with Gasteiger partial charge in [0, 0.05) is 25.2 Å². The zero-order valence-corrected chi connectivity index (χ0v) is 20.9. The summed E-state index contributed by atoms with van der Waals surface area (Å²) in [6.07, 6.45) is 2.27. The minimum Gasteiger partial charge on any atom is -0.456 e. The second-order valence-corrected chi connectivity index (χ2v) is 12.4. The van der Waals surface area contributed by atoms with Crippen molar-refractivity contribution in [2.75, 3.05) is 18.0 Å². The molecule has 12 heteroatoms. The van der Waals surface area contributed by atoms with Gasteiger partial charge in [-0.1, -0.05) is 23.2 Å². The molecule has 0 radical (unpaired) electrons. The lowest BCUT2D eigenvalue weighted by Crippen LogP contribution is -2.42. The average molecular weight is 520 g/mol. The maximum Gasteiger partial charge on any atom is 0.340 e. The Kier molecular flexibility index (Phi) is 7.38. The molecule has 0 unspecified atom stereocenters. The standard InChI is InChI=1S/C20H23Cl2N3O5S2/c1-20(2,3)30-19(27)13-10-14(21)17(23-11-13)25-8-6-12(7-9-25)18(26)24-32(28,29)16-5-4-15(22)31-16/h4-5,10-12H,6-9H2,1-3H3,(H,24,26). The summed E-state index contributed by atoms with van der Waals surface area (Å²) in [5.74, 6) is -1.02. The molecule has 2 aromatic rings. The topological polar surface area (TPSA) is 106 Å². The Morgan fingerprint density at radius 3 is 2.41 bits per heavy atom. The first-order valence-corrected chi connectivity index (χ1v) is 12.9. The van der Waals surface area contributed by atoms with E-state index in [9.17, 15) is 18.0 Å². The largest absolute Gasteiger partial charge is 0.456 e. The molecule has 1 fully saturated rings. The number of carbonyl (C=O) groups is 2. The summed E-state index contributed by atoms with van der Waals surface area (Å²) in [6, 6.07) is 4.34. The van der Waals surface area contributed by atoms with Gasteiger partial charge in [0.05, 0.1) is 14.9 Å². The number of esters is 1. The number of nitrogens with one attached hydrogen (secondary N) is 1. The number of aromatic nitrogens is 1. The predicted octanol–water partition coefficient (Wildman–Crippen LogP) is 4.13. The van der Waals surface area contributed by atoms with E-state index in [1.807, 2.05) is 4.90 Å². The van der Waals surface area contributed by atoms with Crippen molar-refractivity contribution in [2.24, 2.45) is 5.92 Å². The summed E-state index contributed by atoms with van der Waals surface area (Å²) in [5, 5.41) is 0.299. The van der Waals surface area contributed by atoms with Gasteiger partial charge >= 0.3 is 5.97 Å². The number of rotatable bonds is 5. The minimum absolute atomic E-state index is 0.00524. The Morgan fingerprint density at radius 1 is 1.22 bits per heavy atom. The van der Waals surface area contributed by atoms with Crippen molar-refractivity contribution in [1.29, 1.82) is 0 Å². The summed E-state index contributed by atoms with van der Waals surface area (Å²) in [5.41, 5.74) is -0.379. The van der Waals surface area contributed by atoms with Gasteiger partial charge in [0.15, 0.2) is 0 Å². The molecule has 0 aliphatic carbocycles. The molecule has 3 heterocycles. The second-order valence-electron chi connectivity index (χ2n) is 8.32. The van der Waals surface area contributed by atoms with E-state index in [-0.39, 0.29) is 9.77 Å². The molecular formula is C20H23Cl2N3O5S2. The number of anilines is 1. The van der Waals surface area contributed by atoms with Crippen LogP contribution in [0.3, 0.4) is 0 Å². The van der Waals surface area contributed by atoms with Crippen molar-refractivity contribution < 1.29 is 22.7 Å². The van der Waals surface area contributed by atoms with Gasteiger partial charge in [-0.2, -0.15) is 0 Å². The van der Waals surface area contributed by atoms with Crippen LogP contribution in [-0.4, -0.2) is 44.0 Å². The zero-order valence-electron chi connectivity index (χ0n) is 17.7. The molecule has 1 aliphatic heterocycles. The lowest BCUT2D eigenvalue weighted by molar-refractivity contribution is -0.123. The van der Waals surface area contributed by atoms with Gasteiger partial charge in [0.2, 0.25) is 5.91 Å². The average Bonchev–Trinajstić information content (AvgIpc) is 3.14. The number of piperidine rings is 1. The van der Waals surface area contributed by atoms with E-state index in [4.69, 9.17) is 27.9 Å². The van der Waals surface area contributed by atoms with Gasteiger partial charge in [-0.3, -0.25) is 4.79 Å². The Balaban J connectivity index is 1.60. The van der Waals surface area contributed by atoms with E-state index in [0.717, 1.165) is 11.3 Å². The van der Waals surface area contributed by atoms with Crippen molar-refractivity contribution in [3.8, 4) is 0 Å². The smallest absolute Gasteiger partial charge is 0.340 e. The van der Waals surface area contributed by atoms with E-state index in [0.29, 0.717) is 41.1 Å². The molecule has 3 rings (SSSR count). The molecule has 1 saturated heterocycles. The van der Waals surface area contributed by atoms with Crippen molar-refractivity contribution in [2.45, 2.75) is 43.4 Å². The number of hydrogen-bond acceptors (Lipinski definition) is 8. The molecule has 1 aliphatic rings. The van der Waals surface area contributed by atoms with E-state index < -0.39 is 33.4 Å². The fourth-order valence-electron chi connectivity index (χ4n) is 3.17. The molecule has 0 saturated carbocycles. The highest BCUT2D eigenvalue weighted by Gasteiger charge is 2.30. The molecule has 174 valence electrons. The fraction of sp³-hybridized carbons (Fsp3) is 0.450. The highest BCUT2D eigenvalue weighted by Crippen LogP contribution is 2.30. The molecule has 0 aromatic carbocycles. The van der Waals surface area contributed by atoms with Gasteiger partial charge in [-0.25, -0.2) is 22.9 Å². The van der Waals surface area contributed by atoms with Crippen LogP contribution in [0.25, 0.3) is 0 Å².